The van der Waals surface area contributed by atoms with E-state index in [1.54, 1.807) is 4.90 Å². The number of aliphatic hydroxyl groups excluding tert-OH is 1. The molecule has 0 spiro atoms. The average molecular weight is 327 g/mol. The van der Waals surface area contributed by atoms with Crippen LogP contribution in [0, 0.1) is 0 Å². The molecule has 0 bridgehead atoms. The Morgan fingerprint density at radius 1 is 1.43 bits per heavy atom. The Morgan fingerprint density at radius 3 is 2.65 bits per heavy atom. The van der Waals surface area contributed by atoms with Gasteiger partial charge in [0, 0.05) is 36.4 Å². The van der Waals surface area contributed by atoms with Gasteiger partial charge in [-0.1, -0.05) is 12.1 Å². The molecule has 23 heavy (non-hydrogen) atoms. The maximum atomic E-state index is 12.5. The number of anilines is 1. The third-order valence-corrected chi connectivity index (χ3v) is 4.41. The van der Waals surface area contributed by atoms with Crippen molar-refractivity contribution >= 4 is 11.7 Å². The first-order valence-electron chi connectivity index (χ1n) is 7.71. The molecule has 2 N–H and O–H groups in total. The van der Waals surface area contributed by atoms with Crippen LogP contribution < -0.4 is 5.32 Å². The predicted octanol–water partition coefficient (Wildman–Crippen LogP) is 2.54. The number of carbonyl (C=O) groups excluding carboxylic acids is 1. The van der Waals surface area contributed by atoms with E-state index in [2.05, 4.69) is 10.2 Å². The summed E-state index contributed by atoms with van der Waals surface area (Å²) in [6, 6.07) is 5.57. The molecule has 128 valence electrons. The van der Waals surface area contributed by atoms with Crippen molar-refractivity contribution in [1.29, 1.82) is 0 Å². The van der Waals surface area contributed by atoms with E-state index < -0.39 is 6.43 Å². The van der Waals surface area contributed by atoms with Crippen molar-refractivity contribution in [3.05, 3.63) is 29.8 Å². The molecule has 2 amide bonds. The van der Waals surface area contributed by atoms with Crippen LogP contribution in [0.5, 0.6) is 0 Å². The Bertz CT molecular complexity index is 525. The van der Waals surface area contributed by atoms with Gasteiger partial charge in [-0.05, 0) is 32.5 Å². The van der Waals surface area contributed by atoms with Gasteiger partial charge in [-0.3, -0.25) is 4.90 Å². The number of urea groups is 1. The molecule has 0 aromatic heterocycles. The van der Waals surface area contributed by atoms with E-state index in [4.69, 9.17) is 5.11 Å². The van der Waals surface area contributed by atoms with Crippen molar-refractivity contribution in [3.63, 3.8) is 0 Å². The monoisotopic (exact) mass is 327 g/mol. The van der Waals surface area contributed by atoms with Crippen LogP contribution in [-0.2, 0) is 0 Å². The van der Waals surface area contributed by atoms with E-state index in [0.717, 1.165) is 6.42 Å². The molecular formula is C16H23F2N3O2. The zero-order valence-electron chi connectivity index (χ0n) is 13.4. The Kier molecular flexibility index (Phi) is 5.90. The van der Waals surface area contributed by atoms with Gasteiger partial charge in [-0.2, -0.15) is 0 Å². The van der Waals surface area contributed by atoms with Gasteiger partial charge in [0.15, 0.2) is 0 Å². The van der Waals surface area contributed by atoms with Crippen LogP contribution in [0.15, 0.2) is 24.3 Å². The van der Waals surface area contributed by atoms with Crippen LogP contribution in [0.4, 0.5) is 19.3 Å². The first kappa shape index (κ1) is 17.6. The fourth-order valence-corrected chi connectivity index (χ4v) is 3.03. The first-order chi connectivity index (χ1) is 10.9. The highest BCUT2D eigenvalue weighted by Gasteiger charge is 2.35. The van der Waals surface area contributed by atoms with Crippen molar-refractivity contribution in [1.82, 2.24) is 9.80 Å². The van der Waals surface area contributed by atoms with Crippen LogP contribution in [-0.4, -0.2) is 59.8 Å². The smallest absolute Gasteiger partial charge is 0.322 e. The molecule has 7 heteroatoms. The van der Waals surface area contributed by atoms with Gasteiger partial charge >= 0.3 is 6.03 Å². The summed E-state index contributed by atoms with van der Waals surface area (Å²) in [4.78, 5) is 16.2. The fourth-order valence-electron chi connectivity index (χ4n) is 3.03. The van der Waals surface area contributed by atoms with Gasteiger partial charge in [0.1, 0.15) is 0 Å². The molecule has 5 nitrogen and oxygen atoms in total. The van der Waals surface area contributed by atoms with E-state index in [9.17, 15) is 13.6 Å². The van der Waals surface area contributed by atoms with Gasteiger partial charge in [-0.15, -0.1) is 0 Å². The number of likely N-dealkylation sites (N-methyl/N-ethyl adjacent to an activating group) is 1. The summed E-state index contributed by atoms with van der Waals surface area (Å²) in [6.07, 6.45) is -1.67. The third kappa shape index (κ3) is 4.17. The maximum absolute atomic E-state index is 12.5. The number of nitrogens with zero attached hydrogens (tertiary/aromatic N) is 2. The highest BCUT2D eigenvalue weighted by atomic mass is 19.3. The van der Waals surface area contributed by atoms with E-state index in [1.165, 1.54) is 24.3 Å². The number of rotatable bonds is 5. The van der Waals surface area contributed by atoms with Crippen LogP contribution in [0.2, 0.25) is 0 Å². The highest BCUT2D eigenvalue weighted by molar-refractivity contribution is 5.89. The summed E-state index contributed by atoms with van der Waals surface area (Å²) >= 11 is 0. The van der Waals surface area contributed by atoms with Crippen LogP contribution in [0.1, 0.15) is 25.3 Å². The molecular weight excluding hydrogens is 304 g/mol. The number of hydrogen-bond acceptors (Lipinski definition) is 3. The number of alkyl halides is 2. The summed E-state index contributed by atoms with van der Waals surface area (Å²) < 4.78 is 25.0. The number of nitrogens with one attached hydrogen (secondary N) is 1. The molecule has 1 saturated heterocycles. The first-order valence-corrected chi connectivity index (χ1v) is 7.71. The molecule has 0 aliphatic carbocycles. The Labute approximate surface area is 134 Å². The third-order valence-electron chi connectivity index (χ3n) is 4.41. The van der Waals surface area contributed by atoms with Crippen molar-refractivity contribution in [2.75, 3.05) is 32.1 Å². The lowest BCUT2D eigenvalue weighted by molar-refractivity contribution is 0.151. The zero-order valence-corrected chi connectivity index (χ0v) is 13.4. The molecule has 1 aliphatic heterocycles. The largest absolute Gasteiger partial charge is 0.395 e. The predicted molar refractivity (Wildman–Crippen MR) is 84.7 cm³/mol. The summed E-state index contributed by atoms with van der Waals surface area (Å²) in [5.74, 6) is 0. The van der Waals surface area contributed by atoms with Crippen molar-refractivity contribution < 1.29 is 18.7 Å². The van der Waals surface area contributed by atoms with E-state index in [0.29, 0.717) is 18.8 Å². The molecule has 1 aromatic carbocycles. The summed E-state index contributed by atoms with van der Waals surface area (Å²) in [5.41, 5.74) is 0.432. The van der Waals surface area contributed by atoms with Crippen LogP contribution >= 0.6 is 0 Å². The van der Waals surface area contributed by atoms with Gasteiger partial charge in [-0.25, -0.2) is 13.6 Å². The lowest BCUT2D eigenvalue weighted by Crippen LogP contribution is -2.45. The van der Waals surface area contributed by atoms with Crippen molar-refractivity contribution in [2.24, 2.45) is 0 Å². The quantitative estimate of drug-likeness (QED) is 0.874. The minimum atomic E-state index is -2.51. The summed E-state index contributed by atoms with van der Waals surface area (Å²) in [5, 5.41) is 11.8. The Balaban J connectivity index is 1.95. The number of benzene rings is 1. The van der Waals surface area contributed by atoms with Gasteiger partial charge in [0.2, 0.25) is 0 Å². The molecule has 2 rings (SSSR count). The van der Waals surface area contributed by atoms with Gasteiger partial charge in [0.05, 0.1) is 6.61 Å². The van der Waals surface area contributed by atoms with E-state index in [1.807, 2.05) is 14.0 Å². The average Bonchev–Trinajstić information content (AvgIpc) is 2.90. The van der Waals surface area contributed by atoms with Gasteiger partial charge < -0.3 is 15.3 Å². The minimum absolute atomic E-state index is 0.0203. The molecule has 1 fully saturated rings. The molecule has 2 atom stereocenters. The van der Waals surface area contributed by atoms with Crippen molar-refractivity contribution in [2.45, 2.75) is 31.9 Å². The number of hydrogen-bond donors (Lipinski definition) is 2. The SMILES string of the molecule is C[C@@H]1[C@H](N(C)CCO)CCN1C(=O)Nc1ccc(C(F)F)cc1. The lowest BCUT2D eigenvalue weighted by atomic mass is 10.1. The Hall–Kier alpha value is -1.73. The number of carbonyl (C=O) groups is 1. The number of aliphatic hydroxyl groups is 1. The van der Waals surface area contributed by atoms with Gasteiger partial charge in [0.25, 0.3) is 6.43 Å². The molecule has 1 aromatic rings. The summed E-state index contributed by atoms with van der Waals surface area (Å²) in [7, 11) is 1.93. The minimum Gasteiger partial charge on any atom is -0.395 e. The lowest BCUT2D eigenvalue weighted by Gasteiger charge is -2.30. The van der Waals surface area contributed by atoms with Crippen LogP contribution in [0.25, 0.3) is 0 Å². The molecule has 0 saturated carbocycles. The van der Waals surface area contributed by atoms with Crippen LogP contribution in [0.3, 0.4) is 0 Å². The number of amides is 2. The zero-order chi connectivity index (χ0) is 17.0. The second-order valence-electron chi connectivity index (χ2n) is 5.85. The normalized spacial score (nSPS) is 21.3. The van der Waals surface area contributed by atoms with E-state index in [-0.39, 0.29) is 30.3 Å². The number of likely N-dealkylation sites (tertiary alicyclic amines) is 1. The molecule has 1 heterocycles. The maximum Gasteiger partial charge on any atom is 0.322 e. The second kappa shape index (κ2) is 7.70. The second-order valence-corrected chi connectivity index (χ2v) is 5.85. The molecule has 0 radical (unpaired) electrons. The Morgan fingerprint density at radius 2 is 2.09 bits per heavy atom. The number of halogens is 2. The standard InChI is InChI=1S/C16H23F2N3O2/c1-11-14(20(2)9-10-22)7-8-21(11)16(23)19-13-5-3-12(4-6-13)15(17)18/h3-6,11,14-15,22H,7-10H2,1-2H3,(H,19,23)/t11-,14-/m1/s1. The fraction of sp³-hybridized carbons (Fsp3) is 0.562. The highest BCUT2D eigenvalue weighted by Crippen LogP contribution is 2.24. The topological polar surface area (TPSA) is 55.8 Å². The van der Waals surface area contributed by atoms with Crippen molar-refractivity contribution in [3.8, 4) is 0 Å². The van der Waals surface area contributed by atoms with E-state index >= 15 is 0 Å². The molecule has 1 aliphatic rings. The molecule has 0 unspecified atom stereocenters. The summed E-state index contributed by atoms with van der Waals surface area (Å²) in [6.45, 7) is 3.26.